The van der Waals surface area contributed by atoms with Gasteiger partial charge in [0.15, 0.2) is 11.7 Å². The number of amides is 2. The van der Waals surface area contributed by atoms with E-state index in [0.717, 1.165) is 4.70 Å². The van der Waals surface area contributed by atoms with Crippen molar-refractivity contribution in [1.82, 2.24) is 4.98 Å². The van der Waals surface area contributed by atoms with Gasteiger partial charge in [0.05, 0.1) is 47.2 Å². The van der Waals surface area contributed by atoms with Gasteiger partial charge < -0.3 is 19.5 Å². The molecule has 36 heavy (non-hydrogen) atoms. The lowest BCUT2D eigenvalue weighted by Gasteiger charge is -2.09. The number of hydrogen-bond acceptors (Lipinski definition) is 10. The second kappa shape index (κ2) is 12.4. The highest BCUT2D eigenvalue weighted by molar-refractivity contribution is 7.22. The van der Waals surface area contributed by atoms with Crippen LogP contribution in [0.4, 0.5) is 10.8 Å². The van der Waals surface area contributed by atoms with Crippen molar-refractivity contribution in [3.8, 4) is 0 Å². The Balaban J connectivity index is 1.45. The van der Waals surface area contributed by atoms with Crippen LogP contribution in [0, 0.1) is 0 Å². The zero-order chi connectivity index (χ0) is 26.1. The van der Waals surface area contributed by atoms with Crippen molar-refractivity contribution in [3.05, 3.63) is 53.6 Å². The minimum atomic E-state index is -0.745. The number of fused-ring (bicyclic) bond motifs is 1. The maximum Gasteiger partial charge on any atom is 0.339 e. The number of carbonyl (C=O) groups is 5. The Hall–Kier alpha value is -4.32. The highest BCUT2D eigenvalue weighted by Gasteiger charge is 2.16. The summed E-state index contributed by atoms with van der Waals surface area (Å²) in [4.78, 5) is 64.2. The van der Waals surface area contributed by atoms with Crippen LogP contribution in [0.2, 0.25) is 0 Å². The van der Waals surface area contributed by atoms with Crippen molar-refractivity contribution >= 4 is 62.1 Å². The molecular weight excluding hydrogens is 490 g/mol. The molecule has 0 aliphatic heterocycles. The topological polar surface area (TPSA) is 150 Å². The smallest absolute Gasteiger partial charge is 0.339 e. The van der Waals surface area contributed by atoms with Crippen LogP contribution in [0.3, 0.4) is 0 Å². The molecule has 11 nitrogen and oxygen atoms in total. The first-order valence-corrected chi connectivity index (χ1v) is 11.6. The fraction of sp³-hybridized carbons (Fsp3) is 0.250. The molecule has 0 unspecified atom stereocenters. The number of para-hydroxylation sites is 1. The first-order chi connectivity index (χ1) is 17.3. The molecule has 0 atom stereocenters. The van der Waals surface area contributed by atoms with Gasteiger partial charge in [0.25, 0.3) is 5.91 Å². The highest BCUT2D eigenvalue weighted by atomic mass is 32.1. The predicted molar refractivity (Wildman–Crippen MR) is 131 cm³/mol. The van der Waals surface area contributed by atoms with Crippen LogP contribution in [-0.4, -0.2) is 55.0 Å². The molecular formula is C24H23N3O8S. The fourth-order valence-electron chi connectivity index (χ4n) is 3.00. The van der Waals surface area contributed by atoms with E-state index in [1.54, 1.807) is 37.3 Å². The van der Waals surface area contributed by atoms with Crippen LogP contribution in [0.1, 0.15) is 40.5 Å². The molecule has 1 heterocycles. The SMILES string of the molecule is CCOC(=O)c1ccc2sc(NC(=O)COC(=O)CCC(=O)Nc3ccccc3C(=O)OC)nc2c1. The molecule has 0 bridgehead atoms. The van der Waals surface area contributed by atoms with Gasteiger partial charge in [0, 0.05) is 6.42 Å². The number of methoxy groups -OCH3 is 1. The number of thiazole rings is 1. The standard InChI is InChI=1S/C24H23N3O8S/c1-3-34-22(31)14-8-9-18-17(12-14)26-24(36-18)27-20(29)13-35-21(30)11-10-19(28)25-16-7-5-4-6-15(16)23(32)33-2/h4-9,12H,3,10-11,13H2,1-2H3,(H,25,28)(H,26,27,29). The predicted octanol–water partition coefficient (Wildman–Crippen LogP) is 3.16. The first-order valence-electron chi connectivity index (χ1n) is 10.8. The summed E-state index contributed by atoms with van der Waals surface area (Å²) >= 11 is 1.19. The van der Waals surface area contributed by atoms with E-state index in [2.05, 4.69) is 20.4 Å². The molecule has 3 aromatic rings. The summed E-state index contributed by atoms with van der Waals surface area (Å²) in [5, 5.41) is 5.35. The minimum absolute atomic E-state index is 0.180. The molecule has 0 saturated carbocycles. The summed E-state index contributed by atoms with van der Waals surface area (Å²) in [6.07, 6.45) is -0.478. The quantitative estimate of drug-likeness (QED) is 0.308. The number of aromatic nitrogens is 1. The molecule has 0 spiro atoms. The van der Waals surface area contributed by atoms with Gasteiger partial charge in [0.2, 0.25) is 5.91 Å². The summed E-state index contributed by atoms with van der Waals surface area (Å²) in [6.45, 7) is 1.40. The maximum absolute atomic E-state index is 12.2. The lowest BCUT2D eigenvalue weighted by atomic mass is 10.1. The third-order valence-corrected chi connectivity index (χ3v) is 5.62. The number of ether oxygens (including phenoxy) is 3. The number of esters is 3. The van der Waals surface area contributed by atoms with E-state index in [9.17, 15) is 24.0 Å². The molecule has 2 aromatic carbocycles. The monoisotopic (exact) mass is 513 g/mol. The van der Waals surface area contributed by atoms with Crippen molar-refractivity contribution in [1.29, 1.82) is 0 Å². The molecule has 2 N–H and O–H groups in total. The number of anilines is 2. The van der Waals surface area contributed by atoms with Crippen molar-refractivity contribution in [2.45, 2.75) is 19.8 Å². The number of nitrogens with zero attached hydrogens (tertiary/aromatic N) is 1. The van der Waals surface area contributed by atoms with Gasteiger partial charge in [-0.25, -0.2) is 14.6 Å². The fourth-order valence-corrected chi connectivity index (χ4v) is 3.87. The molecule has 2 amide bonds. The number of carbonyl (C=O) groups excluding carboxylic acids is 5. The summed E-state index contributed by atoms with van der Waals surface area (Å²) in [5.41, 5.74) is 1.30. The third-order valence-electron chi connectivity index (χ3n) is 4.67. The van der Waals surface area contributed by atoms with Crippen molar-refractivity contribution in [2.75, 3.05) is 31.0 Å². The van der Waals surface area contributed by atoms with E-state index in [-0.39, 0.29) is 35.8 Å². The Kier molecular flexibility index (Phi) is 9.06. The molecule has 1 aromatic heterocycles. The average Bonchev–Trinajstić information content (AvgIpc) is 3.27. The normalized spacial score (nSPS) is 10.4. The van der Waals surface area contributed by atoms with Gasteiger partial charge in [-0.3, -0.25) is 19.7 Å². The van der Waals surface area contributed by atoms with Crippen LogP contribution < -0.4 is 10.6 Å². The molecule has 0 radical (unpaired) electrons. The van der Waals surface area contributed by atoms with E-state index in [0.29, 0.717) is 11.1 Å². The molecule has 188 valence electrons. The minimum Gasteiger partial charge on any atom is -0.465 e. The largest absolute Gasteiger partial charge is 0.465 e. The Morgan fingerprint density at radius 2 is 1.69 bits per heavy atom. The van der Waals surface area contributed by atoms with Crippen LogP contribution >= 0.6 is 11.3 Å². The second-order valence-electron chi connectivity index (χ2n) is 7.22. The maximum atomic E-state index is 12.2. The molecule has 12 heteroatoms. The van der Waals surface area contributed by atoms with E-state index in [1.165, 1.54) is 30.6 Å². The summed E-state index contributed by atoms with van der Waals surface area (Å²) in [5.74, 6) is -2.94. The van der Waals surface area contributed by atoms with E-state index >= 15 is 0 Å². The van der Waals surface area contributed by atoms with Crippen LogP contribution in [0.15, 0.2) is 42.5 Å². The van der Waals surface area contributed by atoms with Crippen LogP contribution in [0.5, 0.6) is 0 Å². The second-order valence-corrected chi connectivity index (χ2v) is 8.25. The van der Waals surface area contributed by atoms with E-state index < -0.39 is 36.3 Å². The van der Waals surface area contributed by atoms with Gasteiger partial charge in [-0.05, 0) is 37.3 Å². The Bertz CT molecular complexity index is 1300. The number of rotatable bonds is 10. The molecule has 0 fully saturated rings. The van der Waals surface area contributed by atoms with E-state index in [1.807, 2.05) is 0 Å². The summed E-state index contributed by atoms with van der Waals surface area (Å²) < 4.78 is 15.3. The van der Waals surface area contributed by atoms with Gasteiger partial charge in [-0.2, -0.15) is 0 Å². The molecule has 0 saturated heterocycles. The first kappa shape index (κ1) is 26.3. The van der Waals surface area contributed by atoms with Crippen molar-refractivity contribution < 1.29 is 38.2 Å². The van der Waals surface area contributed by atoms with Gasteiger partial charge in [-0.15, -0.1) is 0 Å². The molecule has 0 aliphatic rings. The average molecular weight is 514 g/mol. The third kappa shape index (κ3) is 7.09. The number of nitrogens with one attached hydrogen (secondary N) is 2. The number of benzene rings is 2. The van der Waals surface area contributed by atoms with Gasteiger partial charge in [0.1, 0.15) is 0 Å². The zero-order valence-corrected chi connectivity index (χ0v) is 20.3. The lowest BCUT2D eigenvalue weighted by Crippen LogP contribution is -2.22. The zero-order valence-electron chi connectivity index (χ0n) is 19.5. The van der Waals surface area contributed by atoms with Crippen molar-refractivity contribution in [2.24, 2.45) is 0 Å². The van der Waals surface area contributed by atoms with Crippen molar-refractivity contribution in [3.63, 3.8) is 0 Å². The number of hydrogen-bond donors (Lipinski definition) is 2. The van der Waals surface area contributed by atoms with Crippen LogP contribution in [-0.2, 0) is 28.6 Å². The molecule has 0 aliphatic carbocycles. The van der Waals surface area contributed by atoms with Gasteiger partial charge >= 0.3 is 17.9 Å². The summed E-state index contributed by atoms with van der Waals surface area (Å²) in [6, 6.07) is 11.2. The lowest BCUT2D eigenvalue weighted by molar-refractivity contribution is -0.147. The Morgan fingerprint density at radius 3 is 2.44 bits per heavy atom. The molecule has 3 rings (SSSR count). The van der Waals surface area contributed by atoms with E-state index in [4.69, 9.17) is 9.47 Å². The Morgan fingerprint density at radius 1 is 0.917 bits per heavy atom. The Labute approximate surface area is 209 Å². The van der Waals surface area contributed by atoms with Gasteiger partial charge in [-0.1, -0.05) is 23.5 Å². The highest BCUT2D eigenvalue weighted by Crippen LogP contribution is 2.27. The summed E-state index contributed by atoms with van der Waals surface area (Å²) in [7, 11) is 1.23. The van der Waals surface area contributed by atoms with Crippen LogP contribution in [0.25, 0.3) is 10.2 Å².